The minimum absolute atomic E-state index is 0.0314. The molecule has 0 spiro atoms. The zero-order chi connectivity index (χ0) is 12.2. The maximum Gasteiger partial charge on any atom is 0.303 e. The van der Waals surface area contributed by atoms with Crippen LogP contribution in [0.5, 0.6) is 0 Å². The fourth-order valence-corrected chi connectivity index (χ4v) is 2.47. The third-order valence-corrected chi connectivity index (χ3v) is 3.30. The average molecular weight is 228 g/mol. The quantitative estimate of drug-likeness (QED) is 0.766. The highest BCUT2D eigenvalue weighted by Crippen LogP contribution is 2.32. The van der Waals surface area contributed by atoms with Crippen molar-refractivity contribution in [2.75, 3.05) is 40.3 Å². The van der Waals surface area contributed by atoms with Crippen molar-refractivity contribution in [3.8, 4) is 0 Å². The number of piperidine rings is 1. The van der Waals surface area contributed by atoms with Gasteiger partial charge in [-0.05, 0) is 38.9 Å². The number of carboxylic acid groups (broad SMARTS) is 1. The van der Waals surface area contributed by atoms with Gasteiger partial charge in [-0.1, -0.05) is 6.92 Å². The second-order valence-corrected chi connectivity index (χ2v) is 5.56. The minimum Gasteiger partial charge on any atom is -0.481 e. The Kier molecular flexibility index (Phi) is 4.74. The van der Waals surface area contributed by atoms with E-state index < -0.39 is 5.97 Å². The van der Waals surface area contributed by atoms with E-state index in [0.29, 0.717) is 6.42 Å². The largest absolute Gasteiger partial charge is 0.481 e. The van der Waals surface area contributed by atoms with Crippen LogP contribution >= 0.6 is 0 Å². The van der Waals surface area contributed by atoms with Crippen molar-refractivity contribution in [1.82, 2.24) is 9.80 Å². The van der Waals surface area contributed by atoms with Crippen molar-refractivity contribution in [3.63, 3.8) is 0 Å². The van der Waals surface area contributed by atoms with Crippen LogP contribution in [0.1, 0.15) is 26.2 Å². The fourth-order valence-electron chi connectivity index (χ4n) is 2.47. The molecule has 1 fully saturated rings. The predicted octanol–water partition coefficient (Wildman–Crippen LogP) is 1.12. The topological polar surface area (TPSA) is 43.8 Å². The van der Waals surface area contributed by atoms with E-state index >= 15 is 0 Å². The van der Waals surface area contributed by atoms with Crippen molar-refractivity contribution in [2.45, 2.75) is 26.2 Å². The van der Waals surface area contributed by atoms with Crippen LogP contribution in [-0.2, 0) is 4.79 Å². The van der Waals surface area contributed by atoms with Crippen molar-refractivity contribution in [2.24, 2.45) is 5.41 Å². The van der Waals surface area contributed by atoms with Gasteiger partial charge in [-0.25, -0.2) is 0 Å². The maximum atomic E-state index is 10.8. The number of hydrogen-bond acceptors (Lipinski definition) is 3. The first-order chi connectivity index (χ1) is 7.41. The van der Waals surface area contributed by atoms with Crippen molar-refractivity contribution in [1.29, 1.82) is 0 Å². The summed E-state index contributed by atoms with van der Waals surface area (Å²) in [7, 11) is 4.14. The summed E-state index contributed by atoms with van der Waals surface area (Å²) in [6.07, 6.45) is 2.46. The van der Waals surface area contributed by atoms with E-state index in [1.54, 1.807) is 0 Å². The molecule has 4 nitrogen and oxygen atoms in total. The van der Waals surface area contributed by atoms with E-state index in [4.69, 9.17) is 5.11 Å². The number of likely N-dealkylation sites (N-methyl/N-ethyl adjacent to an activating group) is 1. The fraction of sp³-hybridized carbons (Fsp3) is 0.917. The second kappa shape index (κ2) is 5.64. The lowest BCUT2D eigenvalue weighted by Gasteiger charge is -2.40. The average Bonchev–Trinajstić information content (AvgIpc) is 2.12. The molecule has 1 aliphatic rings. The summed E-state index contributed by atoms with van der Waals surface area (Å²) in [5.41, 5.74) is -0.0314. The van der Waals surface area contributed by atoms with Gasteiger partial charge >= 0.3 is 5.97 Å². The molecule has 0 aromatic rings. The van der Waals surface area contributed by atoms with E-state index in [1.165, 1.54) is 0 Å². The van der Waals surface area contributed by atoms with Crippen molar-refractivity contribution >= 4 is 5.97 Å². The van der Waals surface area contributed by atoms with Crippen LogP contribution in [-0.4, -0.2) is 61.2 Å². The molecule has 0 radical (unpaired) electrons. The molecule has 0 aromatic carbocycles. The van der Waals surface area contributed by atoms with Gasteiger partial charge in [-0.2, -0.15) is 0 Å². The molecule has 0 aliphatic carbocycles. The van der Waals surface area contributed by atoms with E-state index in [2.05, 4.69) is 30.8 Å². The van der Waals surface area contributed by atoms with E-state index in [9.17, 15) is 4.79 Å². The molecule has 0 aromatic heterocycles. The van der Waals surface area contributed by atoms with Gasteiger partial charge in [0.05, 0.1) is 6.42 Å². The minimum atomic E-state index is -0.669. The first-order valence-electron chi connectivity index (χ1n) is 6.00. The van der Waals surface area contributed by atoms with Gasteiger partial charge in [0.2, 0.25) is 0 Å². The lowest BCUT2D eigenvalue weighted by Crippen LogP contribution is -2.44. The van der Waals surface area contributed by atoms with Crippen LogP contribution in [0.3, 0.4) is 0 Å². The summed E-state index contributed by atoms with van der Waals surface area (Å²) in [6, 6.07) is 0. The molecule has 1 atom stereocenters. The molecule has 4 heteroatoms. The number of carbonyl (C=O) groups is 1. The Labute approximate surface area is 98.2 Å². The summed E-state index contributed by atoms with van der Waals surface area (Å²) >= 11 is 0. The molecule has 1 heterocycles. The van der Waals surface area contributed by atoms with Gasteiger partial charge in [-0.15, -0.1) is 0 Å². The van der Waals surface area contributed by atoms with Gasteiger partial charge in [0.15, 0.2) is 0 Å². The van der Waals surface area contributed by atoms with Crippen LogP contribution in [0.15, 0.2) is 0 Å². The predicted molar refractivity (Wildman–Crippen MR) is 64.6 cm³/mol. The molecule has 1 saturated heterocycles. The van der Waals surface area contributed by atoms with Crippen LogP contribution < -0.4 is 0 Å². The molecule has 0 bridgehead atoms. The summed E-state index contributed by atoms with van der Waals surface area (Å²) in [4.78, 5) is 15.4. The van der Waals surface area contributed by atoms with Crippen LogP contribution in [0.4, 0.5) is 0 Å². The smallest absolute Gasteiger partial charge is 0.303 e. The molecule has 94 valence electrons. The molecule has 1 N–H and O–H groups in total. The van der Waals surface area contributed by atoms with E-state index in [-0.39, 0.29) is 5.41 Å². The number of likely N-dealkylation sites (tertiary alicyclic amines) is 1. The highest BCUT2D eigenvalue weighted by atomic mass is 16.4. The van der Waals surface area contributed by atoms with E-state index in [0.717, 1.165) is 39.0 Å². The van der Waals surface area contributed by atoms with Gasteiger partial charge < -0.3 is 14.9 Å². The molecule has 0 saturated carbocycles. The molecule has 16 heavy (non-hydrogen) atoms. The standard InChI is InChI=1S/C12H24N2O2/c1-12(9-11(15)16)5-4-6-14(10-12)8-7-13(2)3/h4-10H2,1-3H3,(H,15,16). The zero-order valence-corrected chi connectivity index (χ0v) is 10.7. The third-order valence-electron chi connectivity index (χ3n) is 3.30. The van der Waals surface area contributed by atoms with Crippen LogP contribution in [0, 0.1) is 5.41 Å². The lowest BCUT2D eigenvalue weighted by atomic mass is 9.79. The van der Waals surface area contributed by atoms with Crippen molar-refractivity contribution in [3.05, 3.63) is 0 Å². The van der Waals surface area contributed by atoms with E-state index in [1.807, 2.05) is 0 Å². The Morgan fingerprint density at radius 3 is 2.75 bits per heavy atom. The Morgan fingerprint density at radius 1 is 1.50 bits per heavy atom. The highest BCUT2D eigenvalue weighted by molar-refractivity contribution is 5.67. The second-order valence-electron chi connectivity index (χ2n) is 5.56. The Hall–Kier alpha value is -0.610. The van der Waals surface area contributed by atoms with Gasteiger partial charge in [0.25, 0.3) is 0 Å². The first-order valence-corrected chi connectivity index (χ1v) is 6.00. The number of aliphatic carboxylic acids is 1. The molecular formula is C12H24N2O2. The molecule has 1 aliphatic heterocycles. The zero-order valence-electron chi connectivity index (χ0n) is 10.7. The normalized spacial score (nSPS) is 27.2. The number of hydrogen-bond donors (Lipinski definition) is 1. The van der Waals surface area contributed by atoms with Crippen LogP contribution in [0.2, 0.25) is 0 Å². The maximum absolute atomic E-state index is 10.8. The lowest BCUT2D eigenvalue weighted by molar-refractivity contribution is -0.140. The summed E-state index contributed by atoms with van der Waals surface area (Å²) in [5, 5.41) is 8.91. The molecule has 1 unspecified atom stereocenters. The molecular weight excluding hydrogens is 204 g/mol. The number of carboxylic acids is 1. The van der Waals surface area contributed by atoms with Gasteiger partial charge in [0.1, 0.15) is 0 Å². The monoisotopic (exact) mass is 228 g/mol. The first kappa shape index (κ1) is 13.5. The summed E-state index contributed by atoms with van der Waals surface area (Å²) in [6.45, 7) is 6.23. The molecule has 0 amide bonds. The Balaban J connectivity index is 2.42. The molecule has 1 rings (SSSR count). The third kappa shape index (κ3) is 4.49. The van der Waals surface area contributed by atoms with Crippen LogP contribution in [0.25, 0.3) is 0 Å². The highest BCUT2D eigenvalue weighted by Gasteiger charge is 2.32. The van der Waals surface area contributed by atoms with Gasteiger partial charge in [-0.3, -0.25) is 4.79 Å². The SMILES string of the molecule is CN(C)CCN1CCCC(C)(CC(=O)O)C1. The summed E-state index contributed by atoms with van der Waals surface area (Å²) in [5.74, 6) is -0.669. The summed E-state index contributed by atoms with van der Waals surface area (Å²) < 4.78 is 0. The number of rotatable bonds is 5. The Morgan fingerprint density at radius 2 is 2.19 bits per heavy atom. The number of nitrogens with zero attached hydrogens (tertiary/aromatic N) is 2. The van der Waals surface area contributed by atoms with Gasteiger partial charge in [0, 0.05) is 19.6 Å². The Bertz CT molecular complexity index is 243. The van der Waals surface area contributed by atoms with Crippen molar-refractivity contribution < 1.29 is 9.90 Å².